The highest BCUT2D eigenvalue weighted by molar-refractivity contribution is 7.77. The number of rotatable bonds is 5. The van der Waals surface area contributed by atoms with Crippen LogP contribution in [0, 0.1) is 0 Å². The van der Waals surface area contributed by atoms with Crippen LogP contribution in [0.5, 0.6) is 0 Å². The minimum atomic E-state index is -2.67. The van der Waals surface area contributed by atoms with Crippen LogP contribution in [0.3, 0.4) is 0 Å². The molecule has 0 bridgehead atoms. The topological polar surface area (TPSA) is 68.3 Å². The lowest BCUT2D eigenvalue weighted by Gasteiger charge is -2.02. The molecular formula is C13H14O4S2. The highest BCUT2D eigenvalue weighted by Gasteiger charge is 1.99. The average molecular weight is 298 g/mol. The van der Waals surface area contributed by atoms with Gasteiger partial charge in [0.2, 0.25) is 0 Å². The van der Waals surface area contributed by atoms with Crippen LogP contribution in [0.25, 0.3) is 5.57 Å². The summed E-state index contributed by atoms with van der Waals surface area (Å²) < 4.78 is 42.9. The highest BCUT2D eigenvalue weighted by Crippen LogP contribution is 2.17. The molecule has 0 radical (unpaired) electrons. The normalized spacial score (nSPS) is 12.5. The van der Waals surface area contributed by atoms with Gasteiger partial charge in [-0.05, 0) is 36.3 Å². The molecule has 0 saturated carbocycles. The molecule has 102 valence electrons. The van der Waals surface area contributed by atoms with Gasteiger partial charge in [-0.3, -0.25) is 0 Å². The second-order valence-electron chi connectivity index (χ2n) is 3.63. The van der Waals surface area contributed by atoms with Crippen LogP contribution in [0.2, 0.25) is 0 Å². The summed E-state index contributed by atoms with van der Waals surface area (Å²) in [6.45, 7) is 5.21. The molecule has 0 unspecified atom stereocenters. The van der Waals surface area contributed by atoms with E-state index in [1.165, 1.54) is 18.2 Å². The van der Waals surface area contributed by atoms with Gasteiger partial charge in [-0.15, -0.1) is 0 Å². The number of thiol groups is 2. The van der Waals surface area contributed by atoms with Crippen molar-refractivity contribution < 1.29 is 16.8 Å². The third-order valence-corrected chi connectivity index (χ3v) is 3.75. The number of hydrogen-bond donors (Lipinski definition) is 2. The van der Waals surface area contributed by atoms with Crippen molar-refractivity contribution in [3.63, 3.8) is 0 Å². The third-order valence-electron chi connectivity index (χ3n) is 2.41. The van der Waals surface area contributed by atoms with Crippen molar-refractivity contribution in [3.05, 3.63) is 59.5 Å². The maximum absolute atomic E-state index is 10.8. The van der Waals surface area contributed by atoms with Gasteiger partial charge in [0.05, 0.1) is 9.80 Å². The largest absolute Gasteiger partial charge is 0.227 e. The lowest BCUT2D eigenvalue weighted by atomic mass is 10.1. The van der Waals surface area contributed by atoms with E-state index in [1.807, 2.05) is 6.92 Å². The van der Waals surface area contributed by atoms with Crippen molar-refractivity contribution in [2.45, 2.75) is 11.8 Å². The predicted octanol–water partition coefficient (Wildman–Crippen LogP) is 1.74. The zero-order valence-electron chi connectivity index (χ0n) is 10.3. The van der Waals surface area contributed by atoms with Crippen molar-refractivity contribution in [3.8, 4) is 0 Å². The van der Waals surface area contributed by atoms with Gasteiger partial charge in [0.1, 0.15) is 0 Å². The SMILES string of the molecule is C=C(/C=C\C(=C/C)c1ccc([SH](=O)=O)cc1)[SH](=O)=O. The molecule has 0 heterocycles. The number of allylic oxidation sites excluding steroid dienone is 4. The molecule has 19 heavy (non-hydrogen) atoms. The number of benzene rings is 1. The van der Waals surface area contributed by atoms with E-state index < -0.39 is 21.4 Å². The predicted molar refractivity (Wildman–Crippen MR) is 77.3 cm³/mol. The van der Waals surface area contributed by atoms with Gasteiger partial charge >= 0.3 is 0 Å². The Labute approximate surface area is 115 Å². The second-order valence-corrected chi connectivity index (χ2v) is 5.75. The molecule has 4 nitrogen and oxygen atoms in total. The zero-order valence-corrected chi connectivity index (χ0v) is 12.1. The summed E-state index contributed by atoms with van der Waals surface area (Å²) in [7, 11) is -5.26. The van der Waals surface area contributed by atoms with E-state index >= 15 is 0 Å². The maximum atomic E-state index is 10.8. The Kier molecular flexibility index (Phi) is 5.72. The Morgan fingerprint density at radius 1 is 1.05 bits per heavy atom. The van der Waals surface area contributed by atoms with Crippen molar-refractivity contribution in [1.82, 2.24) is 0 Å². The molecule has 0 aliphatic rings. The first-order valence-electron chi connectivity index (χ1n) is 5.38. The summed E-state index contributed by atoms with van der Waals surface area (Å²) in [5.74, 6) is 0. The average Bonchev–Trinajstić information content (AvgIpc) is 2.39. The molecule has 0 saturated heterocycles. The first-order valence-corrected chi connectivity index (χ1v) is 7.73. The highest BCUT2D eigenvalue weighted by atomic mass is 32.2. The van der Waals surface area contributed by atoms with Crippen molar-refractivity contribution in [2.75, 3.05) is 0 Å². The van der Waals surface area contributed by atoms with Gasteiger partial charge in [0, 0.05) is 0 Å². The first kappa shape index (κ1) is 15.4. The molecule has 0 aliphatic carbocycles. The van der Waals surface area contributed by atoms with Crippen LogP contribution in [0.4, 0.5) is 0 Å². The van der Waals surface area contributed by atoms with Crippen LogP contribution in [0.1, 0.15) is 12.5 Å². The fourth-order valence-corrected chi connectivity index (χ4v) is 1.97. The van der Waals surface area contributed by atoms with E-state index in [-0.39, 0.29) is 9.80 Å². The second kappa shape index (κ2) is 7.06. The lowest BCUT2D eigenvalue weighted by Crippen LogP contribution is -1.85. The van der Waals surface area contributed by atoms with Gasteiger partial charge in [-0.1, -0.05) is 30.9 Å². The quantitative estimate of drug-likeness (QED) is 0.642. The molecular weight excluding hydrogens is 284 g/mol. The molecule has 0 atom stereocenters. The zero-order chi connectivity index (χ0) is 14.4. The van der Waals surface area contributed by atoms with Crippen molar-refractivity contribution in [1.29, 1.82) is 0 Å². The summed E-state index contributed by atoms with van der Waals surface area (Å²) in [5, 5.41) is 0. The van der Waals surface area contributed by atoms with E-state index in [1.54, 1.807) is 24.3 Å². The summed E-state index contributed by atoms with van der Waals surface area (Å²) in [6, 6.07) is 6.34. The van der Waals surface area contributed by atoms with E-state index in [0.717, 1.165) is 11.1 Å². The first-order chi connectivity index (χ1) is 8.95. The summed E-state index contributed by atoms with van der Waals surface area (Å²) >= 11 is 0. The van der Waals surface area contributed by atoms with Crippen LogP contribution >= 0.6 is 0 Å². The van der Waals surface area contributed by atoms with Gasteiger partial charge in [0.25, 0.3) is 0 Å². The molecule has 1 rings (SSSR count). The smallest absolute Gasteiger partial charge is 0.168 e. The van der Waals surface area contributed by atoms with Gasteiger partial charge in [-0.2, -0.15) is 0 Å². The van der Waals surface area contributed by atoms with E-state index in [4.69, 9.17) is 0 Å². The van der Waals surface area contributed by atoms with Crippen LogP contribution < -0.4 is 0 Å². The third kappa shape index (κ3) is 4.50. The maximum Gasteiger partial charge on any atom is 0.168 e. The van der Waals surface area contributed by atoms with Crippen molar-refractivity contribution >= 4 is 27.0 Å². The Bertz CT molecular complexity index is 659. The van der Waals surface area contributed by atoms with Crippen LogP contribution in [-0.4, -0.2) is 16.8 Å². The molecule has 0 amide bonds. The van der Waals surface area contributed by atoms with Gasteiger partial charge in [-0.25, -0.2) is 16.8 Å². The number of hydrogen-bond acceptors (Lipinski definition) is 4. The Hall–Kier alpha value is -1.66. The molecule has 6 heteroatoms. The monoisotopic (exact) mass is 298 g/mol. The molecule has 0 spiro atoms. The minimum absolute atomic E-state index is 0.0219. The summed E-state index contributed by atoms with van der Waals surface area (Å²) in [6.07, 6.45) is 4.83. The summed E-state index contributed by atoms with van der Waals surface area (Å²) in [4.78, 5) is 0.263. The minimum Gasteiger partial charge on any atom is -0.227 e. The van der Waals surface area contributed by atoms with E-state index in [2.05, 4.69) is 6.58 Å². The lowest BCUT2D eigenvalue weighted by molar-refractivity contribution is 0.614. The fraction of sp³-hybridized carbons (Fsp3) is 0.0769. The molecule has 0 N–H and O–H groups in total. The molecule has 1 aromatic carbocycles. The molecule has 0 fully saturated rings. The van der Waals surface area contributed by atoms with E-state index in [9.17, 15) is 16.8 Å². The van der Waals surface area contributed by atoms with Gasteiger partial charge < -0.3 is 0 Å². The summed E-state index contributed by atoms with van der Waals surface area (Å²) in [5.41, 5.74) is 1.58. The molecule has 0 aromatic heterocycles. The van der Waals surface area contributed by atoms with Crippen LogP contribution in [-0.2, 0) is 21.4 Å². The molecule has 0 aliphatic heterocycles. The standard InChI is InChI=1S/C13H14O4S2/c1-3-11(5-4-10(2)18(14)15)12-6-8-13(9-7-12)19(16)17/h3-9,18-19H,2H2,1H3/b5-4-,11-3+. The Morgan fingerprint density at radius 2 is 1.63 bits per heavy atom. The fourth-order valence-electron chi connectivity index (χ4n) is 1.38. The molecule has 1 aromatic rings. The van der Waals surface area contributed by atoms with Crippen LogP contribution in [0.15, 0.2) is 58.9 Å². The Morgan fingerprint density at radius 3 is 2.05 bits per heavy atom. The van der Waals surface area contributed by atoms with E-state index in [0.29, 0.717) is 0 Å². The Balaban J connectivity index is 3.02. The van der Waals surface area contributed by atoms with Crippen molar-refractivity contribution in [2.24, 2.45) is 0 Å². The van der Waals surface area contributed by atoms with Gasteiger partial charge in [0.15, 0.2) is 21.4 Å².